The van der Waals surface area contributed by atoms with Gasteiger partial charge in [0.25, 0.3) is 0 Å². The maximum Gasteiger partial charge on any atom is 0.0462 e. The van der Waals surface area contributed by atoms with Crippen molar-refractivity contribution in [3.63, 3.8) is 0 Å². The number of hydrogen-bond donors (Lipinski definition) is 1. The molecule has 0 bridgehead atoms. The third-order valence-electron chi connectivity index (χ3n) is 3.57. The Hall–Kier alpha value is -0.0800. The van der Waals surface area contributed by atoms with Crippen LogP contribution in [0.3, 0.4) is 0 Å². The van der Waals surface area contributed by atoms with Gasteiger partial charge in [0, 0.05) is 13.7 Å². The van der Waals surface area contributed by atoms with Crippen LogP contribution in [0.1, 0.15) is 45.4 Å². The smallest absolute Gasteiger partial charge is 0.0462 e. The number of nitrogens with one attached hydrogen (secondary N) is 1. The third kappa shape index (κ3) is 4.98. The summed E-state index contributed by atoms with van der Waals surface area (Å²) < 4.78 is 5.12. The molecule has 0 amide bonds. The van der Waals surface area contributed by atoms with Crippen molar-refractivity contribution in [3.8, 4) is 0 Å². The molecule has 0 aliphatic heterocycles. The van der Waals surface area contributed by atoms with E-state index in [1.54, 1.807) is 7.11 Å². The van der Waals surface area contributed by atoms with Gasteiger partial charge in [0.15, 0.2) is 0 Å². The molecule has 1 aliphatic carbocycles. The Morgan fingerprint density at radius 1 is 1.27 bits per heavy atom. The fraction of sp³-hybridized carbons (Fsp3) is 1.00. The molecular formula is C13H27NO. The van der Waals surface area contributed by atoms with Crippen LogP contribution in [0.2, 0.25) is 0 Å². The Kier molecular flexibility index (Phi) is 7.03. The summed E-state index contributed by atoms with van der Waals surface area (Å²) in [5.74, 6) is 1.90. The van der Waals surface area contributed by atoms with Crippen molar-refractivity contribution in [2.75, 3.05) is 26.8 Å². The molecule has 90 valence electrons. The Bertz CT molecular complexity index is 133. The molecule has 2 nitrogen and oxygen atoms in total. The molecule has 0 aromatic rings. The highest BCUT2D eigenvalue weighted by molar-refractivity contribution is 4.79. The van der Waals surface area contributed by atoms with Gasteiger partial charge in [0.05, 0.1) is 0 Å². The molecule has 2 unspecified atom stereocenters. The Morgan fingerprint density at radius 2 is 2.07 bits per heavy atom. The van der Waals surface area contributed by atoms with Gasteiger partial charge in [-0.25, -0.2) is 0 Å². The zero-order valence-corrected chi connectivity index (χ0v) is 10.4. The lowest BCUT2D eigenvalue weighted by Gasteiger charge is -2.19. The number of hydrogen-bond acceptors (Lipinski definition) is 2. The van der Waals surface area contributed by atoms with Gasteiger partial charge in [-0.2, -0.15) is 0 Å². The van der Waals surface area contributed by atoms with E-state index in [4.69, 9.17) is 4.74 Å². The zero-order valence-electron chi connectivity index (χ0n) is 10.4. The van der Waals surface area contributed by atoms with Crippen molar-refractivity contribution in [2.24, 2.45) is 11.8 Å². The Balaban J connectivity index is 2.11. The largest absolute Gasteiger partial charge is 0.385 e. The summed E-state index contributed by atoms with van der Waals surface area (Å²) in [5.41, 5.74) is 0. The molecule has 1 fully saturated rings. The van der Waals surface area contributed by atoms with Crippen LogP contribution in [0.4, 0.5) is 0 Å². The first-order chi connectivity index (χ1) is 7.38. The van der Waals surface area contributed by atoms with E-state index in [0.29, 0.717) is 0 Å². The van der Waals surface area contributed by atoms with E-state index in [1.807, 2.05) is 0 Å². The Morgan fingerprint density at radius 3 is 2.80 bits per heavy atom. The molecule has 0 spiro atoms. The maximum atomic E-state index is 5.12. The second kappa shape index (κ2) is 8.12. The zero-order chi connectivity index (χ0) is 10.9. The van der Waals surface area contributed by atoms with Crippen LogP contribution in [0, 0.1) is 11.8 Å². The molecule has 2 atom stereocenters. The highest BCUT2D eigenvalue weighted by Gasteiger charge is 2.25. The van der Waals surface area contributed by atoms with E-state index in [1.165, 1.54) is 51.6 Å². The first-order valence-electron chi connectivity index (χ1n) is 6.58. The van der Waals surface area contributed by atoms with E-state index in [9.17, 15) is 0 Å². The van der Waals surface area contributed by atoms with Gasteiger partial charge in [-0.1, -0.05) is 19.8 Å². The first-order valence-corrected chi connectivity index (χ1v) is 6.58. The quantitative estimate of drug-likeness (QED) is 0.626. The second-order valence-corrected chi connectivity index (χ2v) is 4.79. The SMILES string of the molecule is CCCNCC1CCCC1CCCOC. The summed E-state index contributed by atoms with van der Waals surface area (Å²) in [4.78, 5) is 0. The minimum atomic E-state index is 0.936. The fourth-order valence-electron chi connectivity index (χ4n) is 2.72. The van der Waals surface area contributed by atoms with Gasteiger partial charge in [-0.05, 0) is 50.6 Å². The van der Waals surface area contributed by atoms with Crippen molar-refractivity contribution in [1.82, 2.24) is 5.32 Å². The molecule has 0 aromatic carbocycles. The molecule has 0 heterocycles. The fourth-order valence-corrected chi connectivity index (χ4v) is 2.72. The van der Waals surface area contributed by atoms with E-state index < -0.39 is 0 Å². The molecule has 0 radical (unpaired) electrons. The number of methoxy groups -OCH3 is 1. The predicted molar refractivity (Wildman–Crippen MR) is 65.1 cm³/mol. The molecule has 1 N–H and O–H groups in total. The topological polar surface area (TPSA) is 21.3 Å². The maximum absolute atomic E-state index is 5.12. The lowest BCUT2D eigenvalue weighted by atomic mass is 9.91. The number of ether oxygens (including phenoxy) is 1. The van der Waals surface area contributed by atoms with Crippen molar-refractivity contribution >= 4 is 0 Å². The van der Waals surface area contributed by atoms with E-state index >= 15 is 0 Å². The van der Waals surface area contributed by atoms with Gasteiger partial charge in [-0.15, -0.1) is 0 Å². The average molecular weight is 213 g/mol. The van der Waals surface area contributed by atoms with Crippen molar-refractivity contribution in [2.45, 2.75) is 45.4 Å². The minimum Gasteiger partial charge on any atom is -0.385 e. The molecule has 1 saturated carbocycles. The molecule has 0 saturated heterocycles. The normalized spacial score (nSPS) is 26.0. The second-order valence-electron chi connectivity index (χ2n) is 4.79. The summed E-state index contributed by atoms with van der Waals surface area (Å²) in [6.45, 7) is 5.59. The van der Waals surface area contributed by atoms with Crippen molar-refractivity contribution in [3.05, 3.63) is 0 Å². The highest BCUT2D eigenvalue weighted by atomic mass is 16.5. The predicted octanol–water partition coefficient (Wildman–Crippen LogP) is 2.83. The van der Waals surface area contributed by atoms with Crippen molar-refractivity contribution in [1.29, 1.82) is 0 Å². The molecule has 15 heavy (non-hydrogen) atoms. The summed E-state index contributed by atoms with van der Waals surface area (Å²) in [6, 6.07) is 0. The minimum absolute atomic E-state index is 0.936. The van der Waals surface area contributed by atoms with Crippen LogP contribution in [0.15, 0.2) is 0 Å². The number of rotatable bonds is 8. The van der Waals surface area contributed by atoms with Gasteiger partial charge < -0.3 is 10.1 Å². The van der Waals surface area contributed by atoms with Gasteiger partial charge >= 0.3 is 0 Å². The van der Waals surface area contributed by atoms with Crippen LogP contribution in [0.5, 0.6) is 0 Å². The molecule has 1 rings (SSSR count). The standard InChI is InChI=1S/C13H27NO/c1-3-9-14-11-13-7-4-6-12(13)8-5-10-15-2/h12-14H,3-11H2,1-2H3. The van der Waals surface area contributed by atoms with Gasteiger partial charge in [0.2, 0.25) is 0 Å². The van der Waals surface area contributed by atoms with Crippen LogP contribution in [-0.2, 0) is 4.74 Å². The van der Waals surface area contributed by atoms with Gasteiger partial charge in [-0.3, -0.25) is 0 Å². The molecule has 2 heteroatoms. The van der Waals surface area contributed by atoms with Crippen LogP contribution in [0.25, 0.3) is 0 Å². The van der Waals surface area contributed by atoms with Crippen molar-refractivity contribution < 1.29 is 4.74 Å². The highest BCUT2D eigenvalue weighted by Crippen LogP contribution is 2.34. The van der Waals surface area contributed by atoms with E-state index in [0.717, 1.165) is 18.4 Å². The molecule has 0 aromatic heterocycles. The van der Waals surface area contributed by atoms with E-state index in [2.05, 4.69) is 12.2 Å². The lowest BCUT2D eigenvalue weighted by molar-refractivity contribution is 0.182. The summed E-state index contributed by atoms with van der Waals surface area (Å²) in [7, 11) is 1.80. The average Bonchev–Trinajstić information content (AvgIpc) is 2.67. The monoisotopic (exact) mass is 213 g/mol. The first kappa shape index (κ1) is 13.0. The van der Waals surface area contributed by atoms with Crippen LogP contribution in [-0.4, -0.2) is 26.8 Å². The Labute approximate surface area is 94.8 Å². The molecule has 1 aliphatic rings. The lowest BCUT2D eigenvalue weighted by Crippen LogP contribution is -2.26. The third-order valence-corrected chi connectivity index (χ3v) is 3.57. The summed E-state index contributed by atoms with van der Waals surface area (Å²) in [5, 5.41) is 3.57. The summed E-state index contributed by atoms with van der Waals surface area (Å²) in [6.07, 6.45) is 8.19. The van der Waals surface area contributed by atoms with Gasteiger partial charge in [0.1, 0.15) is 0 Å². The molecular weight excluding hydrogens is 186 g/mol. The van der Waals surface area contributed by atoms with E-state index in [-0.39, 0.29) is 0 Å². The summed E-state index contributed by atoms with van der Waals surface area (Å²) >= 11 is 0. The van der Waals surface area contributed by atoms with Crippen LogP contribution >= 0.6 is 0 Å². The van der Waals surface area contributed by atoms with Crippen LogP contribution < -0.4 is 5.32 Å².